The molecule has 0 unspecified atom stereocenters. The summed E-state index contributed by atoms with van der Waals surface area (Å²) in [5, 5.41) is 0.424. The number of para-hydroxylation sites is 2. The van der Waals surface area contributed by atoms with E-state index in [1.807, 2.05) is 30.3 Å². The molecule has 23 heavy (non-hydrogen) atoms. The van der Waals surface area contributed by atoms with Gasteiger partial charge in [-0.25, -0.2) is 9.59 Å². The molecule has 0 spiro atoms. The van der Waals surface area contributed by atoms with Gasteiger partial charge in [0.15, 0.2) is 0 Å². The molecule has 0 aliphatic rings. The van der Waals surface area contributed by atoms with Crippen molar-refractivity contribution in [2.24, 2.45) is 0 Å². The van der Waals surface area contributed by atoms with Crippen LogP contribution in [0.1, 0.15) is 12.8 Å². The van der Waals surface area contributed by atoms with Crippen LogP contribution >= 0.6 is 0 Å². The number of hydrogen-bond donors (Lipinski definition) is 0. The molecule has 0 saturated heterocycles. The summed E-state index contributed by atoms with van der Waals surface area (Å²) in [6, 6.07) is 16.6. The third-order valence-corrected chi connectivity index (χ3v) is 3.60. The average molecular weight is 311 g/mol. The summed E-state index contributed by atoms with van der Waals surface area (Å²) < 4.78 is 11.9. The fourth-order valence-electron chi connectivity index (χ4n) is 2.46. The van der Waals surface area contributed by atoms with Crippen LogP contribution in [0.2, 0.25) is 0 Å². The lowest BCUT2D eigenvalue weighted by Crippen LogP contribution is -2.25. The molecule has 0 aliphatic heterocycles. The molecule has 0 fully saturated rings. The SMILES string of the molecule is O=c1oc(=O)n(CCCCOc2ccccc2)c2ccccc12. The van der Waals surface area contributed by atoms with Crippen LogP contribution in [-0.2, 0) is 6.54 Å². The lowest BCUT2D eigenvalue weighted by atomic mass is 10.2. The van der Waals surface area contributed by atoms with Gasteiger partial charge in [-0.1, -0.05) is 30.3 Å². The minimum absolute atomic E-state index is 0.424. The summed E-state index contributed by atoms with van der Waals surface area (Å²) >= 11 is 0. The van der Waals surface area contributed by atoms with E-state index in [1.54, 1.807) is 24.3 Å². The summed E-state index contributed by atoms with van der Waals surface area (Å²) in [7, 11) is 0. The smallest absolute Gasteiger partial charge is 0.422 e. The molecule has 0 aliphatic carbocycles. The molecule has 5 nitrogen and oxygen atoms in total. The van der Waals surface area contributed by atoms with Crippen molar-refractivity contribution in [2.45, 2.75) is 19.4 Å². The zero-order valence-corrected chi connectivity index (χ0v) is 12.6. The summed E-state index contributed by atoms with van der Waals surface area (Å²) in [5.74, 6) is 0.221. The molecule has 0 bridgehead atoms. The molecular formula is C18H17NO4. The normalized spacial score (nSPS) is 10.8. The summed E-state index contributed by atoms with van der Waals surface area (Å²) in [6.07, 6.45) is 1.55. The van der Waals surface area contributed by atoms with Gasteiger partial charge in [0.1, 0.15) is 5.75 Å². The van der Waals surface area contributed by atoms with Gasteiger partial charge >= 0.3 is 11.4 Å². The fourth-order valence-corrected chi connectivity index (χ4v) is 2.46. The molecule has 3 rings (SSSR count). The number of rotatable bonds is 6. The van der Waals surface area contributed by atoms with E-state index in [1.165, 1.54) is 4.57 Å². The minimum atomic E-state index is -0.613. The predicted molar refractivity (Wildman–Crippen MR) is 87.9 cm³/mol. The van der Waals surface area contributed by atoms with Crippen LogP contribution in [0.3, 0.4) is 0 Å². The van der Waals surface area contributed by atoms with Gasteiger partial charge in [-0.3, -0.25) is 4.57 Å². The molecule has 1 aromatic heterocycles. The maximum absolute atomic E-state index is 11.9. The zero-order chi connectivity index (χ0) is 16.1. The minimum Gasteiger partial charge on any atom is -0.494 e. The van der Waals surface area contributed by atoms with E-state index >= 15 is 0 Å². The van der Waals surface area contributed by atoms with Crippen LogP contribution in [-0.4, -0.2) is 11.2 Å². The van der Waals surface area contributed by atoms with E-state index in [0.717, 1.165) is 18.6 Å². The number of ether oxygens (including phenoxy) is 1. The summed E-state index contributed by atoms with van der Waals surface area (Å²) in [6.45, 7) is 1.06. The van der Waals surface area contributed by atoms with Crippen LogP contribution in [0.15, 0.2) is 68.6 Å². The van der Waals surface area contributed by atoms with Crippen molar-refractivity contribution in [3.8, 4) is 5.75 Å². The van der Waals surface area contributed by atoms with Crippen LogP contribution < -0.4 is 16.1 Å². The Hall–Kier alpha value is -2.82. The van der Waals surface area contributed by atoms with Gasteiger partial charge < -0.3 is 9.15 Å². The number of unbranched alkanes of at least 4 members (excludes halogenated alkanes) is 1. The van der Waals surface area contributed by atoms with Crippen molar-refractivity contribution in [3.05, 3.63) is 75.6 Å². The Labute approximate surface area is 132 Å². The molecule has 0 radical (unpaired) electrons. The molecule has 0 saturated carbocycles. The Balaban J connectivity index is 1.64. The van der Waals surface area contributed by atoms with Crippen LogP contribution in [0.4, 0.5) is 0 Å². The average Bonchev–Trinajstić information content (AvgIpc) is 2.58. The van der Waals surface area contributed by atoms with Crippen molar-refractivity contribution < 1.29 is 9.15 Å². The first kappa shape index (κ1) is 15.1. The molecule has 0 amide bonds. The quantitative estimate of drug-likeness (QED) is 0.657. The highest BCUT2D eigenvalue weighted by Gasteiger charge is 2.08. The van der Waals surface area contributed by atoms with Gasteiger partial charge in [0.05, 0.1) is 17.5 Å². The van der Waals surface area contributed by atoms with Crippen LogP contribution in [0.25, 0.3) is 10.9 Å². The lowest BCUT2D eigenvalue weighted by Gasteiger charge is -2.09. The first-order chi connectivity index (χ1) is 11.3. The summed E-state index contributed by atoms with van der Waals surface area (Å²) in [5.41, 5.74) is 0.0204. The second kappa shape index (κ2) is 6.96. The first-order valence-corrected chi connectivity index (χ1v) is 7.56. The van der Waals surface area contributed by atoms with Crippen molar-refractivity contribution in [2.75, 3.05) is 6.61 Å². The number of fused-ring (bicyclic) bond motifs is 1. The maximum Gasteiger partial charge on any atom is 0.422 e. The number of hydrogen-bond acceptors (Lipinski definition) is 4. The second-order valence-corrected chi connectivity index (χ2v) is 5.19. The van der Waals surface area contributed by atoms with Crippen molar-refractivity contribution in [3.63, 3.8) is 0 Å². The van der Waals surface area contributed by atoms with E-state index < -0.39 is 11.4 Å². The van der Waals surface area contributed by atoms with Crippen molar-refractivity contribution in [1.82, 2.24) is 4.57 Å². The highest BCUT2D eigenvalue weighted by Crippen LogP contribution is 2.10. The van der Waals surface area contributed by atoms with Gasteiger partial charge in [-0.05, 0) is 37.1 Å². The number of benzene rings is 2. The highest BCUT2D eigenvalue weighted by molar-refractivity contribution is 5.77. The summed E-state index contributed by atoms with van der Waals surface area (Å²) in [4.78, 5) is 23.6. The number of aromatic nitrogens is 1. The van der Waals surface area contributed by atoms with Crippen molar-refractivity contribution >= 4 is 10.9 Å². The van der Waals surface area contributed by atoms with Crippen LogP contribution in [0, 0.1) is 0 Å². The van der Waals surface area contributed by atoms with E-state index in [4.69, 9.17) is 9.15 Å². The highest BCUT2D eigenvalue weighted by atomic mass is 16.5. The molecule has 2 aromatic carbocycles. The van der Waals surface area contributed by atoms with E-state index in [-0.39, 0.29) is 0 Å². The third kappa shape index (κ3) is 3.51. The topological polar surface area (TPSA) is 61.4 Å². The van der Waals surface area contributed by atoms with Crippen molar-refractivity contribution in [1.29, 1.82) is 0 Å². The molecule has 118 valence electrons. The molecular weight excluding hydrogens is 294 g/mol. The number of aryl methyl sites for hydroxylation is 1. The molecule has 1 heterocycles. The molecule has 3 aromatic rings. The second-order valence-electron chi connectivity index (χ2n) is 5.19. The molecule has 0 N–H and O–H groups in total. The largest absolute Gasteiger partial charge is 0.494 e. The number of nitrogens with zero attached hydrogens (tertiary/aromatic N) is 1. The maximum atomic E-state index is 11.9. The predicted octanol–water partition coefficient (Wildman–Crippen LogP) is 2.81. The Morgan fingerprint density at radius 1 is 0.913 bits per heavy atom. The van der Waals surface area contributed by atoms with Gasteiger partial charge in [0, 0.05) is 6.54 Å². The van der Waals surface area contributed by atoms with E-state index in [0.29, 0.717) is 24.1 Å². The molecule has 5 heteroatoms. The van der Waals surface area contributed by atoms with Gasteiger partial charge in [0.25, 0.3) is 0 Å². The van der Waals surface area contributed by atoms with Gasteiger partial charge in [-0.15, -0.1) is 0 Å². The van der Waals surface area contributed by atoms with Gasteiger partial charge in [-0.2, -0.15) is 0 Å². The third-order valence-electron chi connectivity index (χ3n) is 3.60. The zero-order valence-electron chi connectivity index (χ0n) is 12.6. The Bertz CT molecular complexity index is 896. The Morgan fingerprint density at radius 3 is 2.48 bits per heavy atom. The first-order valence-electron chi connectivity index (χ1n) is 7.56. The van der Waals surface area contributed by atoms with E-state index in [9.17, 15) is 9.59 Å². The van der Waals surface area contributed by atoms with E-state index in [2.05, 4.69) is 0 Å². The van der Waals surface area contributed by atoms with Crippen LogP contribution in [0.5, 0.6) is 5.75 Å². The standard InChI is InChI=1S/C18H17NO4/c20-17-15-10-4-5-11-16(15)19(18(21)23-17)12-6-7-13-22-14-8-2-1-3-9-14/h1-5,8-11H,6-7,12-13H2. The Kier molecular flexibility index (Phi) is 4.57. The van der Waals surface area contributed by atoms with Gasteiger partial charge in [0.2, 0.25) is 0 Å². The Morgan fingerprint density at radius 2 is 1.65 bits per heavy atom. The molecule has 0 atom stereocenters. The lowest BCUT2D eigenvalue weighted by molar-refractivity contribution is 0.301. The fraction of sp³-hybridized carbons (Fsp3) is 0.222. The monoisotopic (exact) mass is 311 g/mol.